The van der Waals surface area contributed by atoms with Crippen molar-refractivity contribution in [2.24, 2.45) is 5.41 Å². The molecule has 20 heteroatoms. The fourth-order valence-electron chi connectivity index (χ4n) is 2.16. The number of thiol groups is 12. The van der Waals surface area contributed by atoms with Crippen LogP contribution in [0.4, 0.5) is 0 Å². The van der Waals surface area contributed by atoms with E-state index >= 15 is 0 Å². The van der Waals surface area contributed by atoms with Crippen LogP contribution in [0.5, 0.6) is 0 Å². The molecule has 0 fully saturated rings. The van der Waals surface area contributed by atoms with E-state index in [-0.39, 0.29) is 25.7 Å². The van der Waals surface area contributed by atoms with Gasteiger partial charge in [0.15, 0.2) is 0 Å². The average molecular weight is 745 g/mol. The van der Waals surface area contributed by atoms with E-state index < -0.39 is 69.4 Å². The van der Waals surface area contributed by atoms with E-state index in [2.05, 4.69) is 152 Å². The van der Waals surface area contributed by atoms with Gasteiger partial charge >= 0.3 is 23.9 Å². The lowest BCUT2D eigenvalue weighted by molar-refractivity contribution is -0.170. The lowest BCUT2D eigenvalue weighted by Gasteiger charge is -2.32. The van der Waals surface area contributed by atoms with Gasteiger partial charge in [-0.3, -0.25) is 19.2 Å². The normalized spacial score (nSPS) is 13.1. The number of esters is 4. The summed E-state index contributed by atoms with van der Waals surface area (Å²) in [7, 11) is 0. The van der Waals surface area contributed by atoms with E-state index in [0.717, 1.165) is 0 Å². The highest BCUT2D eigenvalue weighted by Gasteiger charge is 2.39. The Balaban J connectivity index is 5.90. The van der Waals surface area contributed by atoms with Gasteiger partial charge in [-0.25, -0.2) is 0 Å². The van der Waals surface area contributed by atoms with Crippen molar-refractivity contribution in [3.05, 3.63) is 0 Å². The maximum Gasteiger partial charge on any atom is 0.308 e. The highest BCUT2D eigenvalue weighted by atomic mass is 32.2. The molecule has 0 saturated carbocycles. The molecule has 0 aromatic heterocycles. The summed E-state index contributed by atoms with van der Waals surface area (Å²) in [5, 5.41) is 0. The molecule has 0 atom stereocenters. The Morgan fingerprint density at radius 2 is 0.541 bits per heavy atom. The van der Waals surface area contributed by atoms with Crippen molar-refractivity contribution in [1.29, 1.82) is 0 Å². The van der Waals surface area contributed by atoms with Crippen LogP contribution in [0.3, 0.4) is 0 Å². The summed E-state index contributed by atoms with van der Waals surface area (Å²) in [6, 6.07) is 0. The van der Waals surface area contributed by atoms with Gasteiger partial charge in [0.2, 0.25) is 0 Å². The zero-order valence-corrected chi connectivity index (χ0v) is 29.5. The van der Waals surface area contributed by atoms with Crippen molar-refractivity contribution in [3.63, 3.8) is 0 Å². The van der Waals surface area contributed by atoms with Crippen LogP contribution in [0.25, 0.3) is 0 Å². The van der Waals surface area contributed by atoms with Gasteiger partial charge < -0.3 is 18.9 Å². The molecule has 0 aromatic carbocycles. The van der Waals surface area contributed by atoms with Gasteiger partial charge in [0, 0.05) is 0 Å². The predicted molar refractivity (Wildman–Crippen MR) is 183 cm³/mol. The number of ether oxygens (including phenoxy) is 4. The Hall–Kier alpha value is 2.08. The molecule has 0 heterocycles. The molecular weight excluding hydrogens is 717 g/mol. The zero-order chi connectivity index (χ0) is 29.3. The first kappa shape index (κ1) is 39.1. The molecule has 0 aromatic rings. The molecule has 0 bridgehead atoms. The molecule has 0 radical (unpaired) electrons. The van der Waals surface area contributed by atoms with E-state index in [1.807, 2.05) is 0 Å². The first-order chi connectivity index (χ1) is 16.4. The second kappa shape index (κ2) is 16.6. The number of carbonyl (C=O) groups is 4. The molecular formula is C17H28O8S12. The predicted octanol–water partition coefficient (Wildman–Crippen LogP) is 3.48. The largest absolute Gasteiger partial charge is 0.465 e. The minimum Gasteiger partial charge on any atom is -0.465 e. The Bertz CT molecular complexity index is 665. The smallest absolute Gasteiger partial charge is 0.308 e. The molecule has 0 aliphatic rings. The van der Waals surface area contributed by atoms with E-state index in [9.17, 15) is 19.2 Å². The van der Waals surface area contributed by atoms with E-state index in [1.54, 1.807) is 0 Å². The Morgan fingerprint density at radius 1 is 0.378 bits per heavy atom. The van der Waals surface area contributed by atoms with Gasteiger partial charge in [-0.1, -0.05) is 0 Å². The molecule has 8 nitrogen and oxygen atoms in total. The second-order valence-corrected chi connectivity index (χ2v) is 21.3. The highest BCUT2D eigenvalue weighted by Crippen LogP contribution is 2.33. The molecule has 0 unspecified atom stereocenters. The van der Waals surface area contributed by atoms with Crippen LogP contribution in [-0.4, -0.2) is 63.9 Å². The molecule has 0 saturated heterocycles. The van der Waals surface area contributed by atoms with Crippen molar-refractivity contribution < 1.29 is 38.1 Å². The van der Waals surface area contributed by atoms with Crippen LogP contribution in [0.1, 0.15) is 25.7 Å². The lowest BCUT2D eigenvalue weighted by atomic mass is 9.92. The second-order valence-electron chi connectivity index (χ2n) is 7.95. The number of carbonyl (C=O) groups excluding carboxylic acids is 4. The third-order valence-corrected chi connectivity index (χ3v) is 5.58. The third kappa shape index (κ3) is 23.3. The first-order valence-corrected chi connectivity index (χ1v) is 15.1. The van der Waals surface area contributed by atoms with Crippen molar-refractivity contribution in [2.75, 3.05) is 26.4 Å². The summed E-state index contributed by atoms with van der Waals surface area (Å²) < 4.78 is 16.0. The summed E-state index contributed by atoms with van der Waals surface area (Å²) in [4.78, 5) is 49.2. The summed E-state index contributed by atoms with van der Waals surface area (Å²) >= 11 is 48.4. The summed E-state index contributed by atoms with van der Waals surface area (Å²) in [6.07, 6.45) is -1.32. The molecule has 0 N–H and O–H groups in total. The van der Waals surface area contributed by atoms with E-state index in [0.29, 0.717) is 0 Å². The van der Waals surface area contributed by atoms with E-state index in [4.69, 9.17) is 18.9 Å². The highest BCUT2D eigenvalue weighted by molar-refractivity contribution is 8.18. The average Bonchev–Trinajstić information content (AvgIpc) is 2.61. The van der Waals surface area contributed by atoms with E-state index in [1.165, 1.54) is 0 Å². The van der Waals surface area contributed by atoms with Gasteiger partial charge in [-0.15, -0.1) is 0 Å². The zero-order valence-electron chi connectivity index (χ0n) is 18.8. The number of hydrogen-bond acceptors (Lipinski definition) is 20. The van der Waals surface area contributed by atoms with Crippen LogP contribution in [0, 0.1) is 5.41 Å². The molecule has 216 valence electrons. The van der Waals surface area contributed by atoms with Gasteiger partial charge in [-0.05, 0) is 0 Å². The van der Waals surface area contributed by atoms with Gasteiger partial charge in [0.1, 0.15) is 45.5 Å². The van der Waals surface area contributed by atoms with Gasteiger partial charge in [0.25, 0.3) is 0 Å². The molecule has 37 heavy (non-hydrogen) atoms. The standard InChI is InChI=1S/C17H28O8S12/c18-9(1-14(26,27)28)22-5-13(6-23-10(19)2-15(29,30)31,7-24-11(20)3-16(32,33)34)8-25-12(21)4-17(35,36)37/h26-37H,1-8H2. The molecule has 0 rings (SSSR count). The maximum absolute atomic E-state index is 12.3. The SMILES string of the molecule is O=C(CC(S)(S)S)OCC(COC(=O)CC(S)(S)S)(COC(=O)CC(S)(S)S)COC(=O)CC(S)(S)S. The minimum absolute atomic E-state index is 0.331. The quantitative estimate of drug-likeness (QED) is 0.0506. The number of hydrogen-bond donors (Lipinski definition) is 12. The minimum atomic E-state index is -1.55. The van der Waals surface area contributed by atoms with Crippen LogP contribution in [0.2, 0.25) is 0 Å². The van der Waals surface area contributed by atoms with Crippen molar-refractivity contribution in [1.82, 2.24) is 0 Å². The third-order valence-electron chi connectivity index (χ3n) is 3.68. The first-order valence-electron chi connectivity index (χ1n) is 9.71. The van der Waals surface area contributed by atoms with Crippen LogP contribution in [-0.2, 0) is 38.1 Å². The molecule has 0 amide bonds. The van der Waals surface area contributed by atoms with Gasteiger partial charge in [0.05, 0.1) is 25.7 Å². The maximum atomic E-state index is 12.3. The summed E-state index contributed by atoms with van der Waals surface area (Å²) in [5.74, 6) is -3.13. The summed E-state index contributed by atoms with van der Waals surface area (Å²) in [6.45, 7) is -2.05. The van der Waals surface area contributed by atoms with Crippen LogP contribution in [0.15, 0.2) is 0 Å². The molecule has 0 aliphatic heterocycles. The fourth-order valence-corrected chi connectivity index (χ4v) is 3.71. The molecule has 0 spiro atoms. The number of rotatable bonds is 16. The van der Waals surface area contributed by atoms with Gasteiger partial charge in [-0.2, -0.15) is 152 Å². The Morgan fingerprint density at radius 3 is 0.676 bits per heavy atom. The van der Waals surface area contributed by atoms with Crippen molar-refractivity contribution in [2.45, 2.75) is 39.3 Å². The lowest BCUT2D eigenvalue weighted by Crippen LogP contribution is -2.44. The summed E-state index contributed by atoms with van der Waals surface area (Å²) in [5.41, 5.74) is -1.55. The van der Waals surface area contributed by atoms with Crippen molar-refractivity contribution in [3.8, 4) is 0 Å². The fraction of sp³-hybridized carbons (Fsp3) is 0.765. The topological polar surface area (TPSA) is 105 Å². The Labute approximate surface area is 282 Å². The van der Waals surface area contributed by atoms with Crippen LogP contribution < -0.4 is 0 Å². The van der Waals surface area contributed by atoms with Crippen LogP contribution >= 0.6 is 152 Å². The van der Waals surface area contributed by atoms with Crippen molar-refractivity contribution >= 4 is 175 Å². The molecule has 0 aliphatic carbocycles. The Kier molecular flexibility index (Phi) is 17.6. The monoisotopic (exact) mass is 744 g/mol.